The third kappa shape index (κ3) is 3.02. The van der Waals surface area contributed by atoms with Gasteiger partial charge in [-0.2, -0.15) is 0 Å². The highest BCUT2D eigenvalue weighted by molar-refractivity contribution is 6.30. The van der Waals surface area contributed by atoms with Gasteiger partial charge in [-0.25, -0.2) is 4.98 Å². The topological polar surface area (TPSA) is 17.8 Å². The van der Waals surface area contributed by atoms with Gasteiger partial charge >= 0.3 is 0 Å². The molecule has 0 N–H and O–H groups in total. The van der Waals surface area contributed by atoms with Gasteiger partial charge < -0.3 is 4.57 Å². The van der Waals surface area contributed by atoms with E-state index < -0.39 is 0 Å². The first-order valence-electron chi connectivity index (χ1n) is 5.92. The number of hydrogen-bond donors (Lipinski definition) is 0. The quantitative estimate of drug-likeness (QED) is 0.773. The SMILES string of the molecule is CC(C)(C)/C(=C\n1ccnc1)c1ccc(Cl)cc1. The van der Waals surface area contributed by atoms with Crippen molar-refractivity contribution in [1.82, 2.24) is 9.55 Å². The lowest BCUT2D eigenvalue weighted by Crippen LogP contribution is -2.09. The van der Waals surface area contributed by atoms with E-state index in [-0.39, 0.29) is 5.41 Å². The second-order valence-electron chi connectivity index (χ2n) is 5.31. The first kappa shape index (κ1) is 12.9. The Morgan fingerprint density at radius 1 is 1.22 bits per heavy atom. The average Bonchev–Trinajstić information content (AvgIpc) is 2.79. The van der Waals surface area contributed by atoms with Gasteiger partial charge in [-0.05, 0) is 28.7 Å². The molecule has 0 spiro atoms. The molecule has 0 bridgehead atoms. The number of benzene rings is 1. The number of halogens is 1. The Morgan fingerprint density at radius 2 is 1.89 bits per heavy atom. The van der Waals surface area contributed by atoms with Crippen molar-refractivity contribution in [3.8, 4) is 0 Å². The molecule has 0 unspecified atom stereocenters. The van der Waals surface area contributed by atoms with Crippen LogP contribution in [0.25, 0.3) is 11.8 Å². The molecule has 3 heteroatoms. The van der Waals surface area contributed by atoms with Crippen LogP contribution in [0.3, 0.4) is 0 Å². The molecule has 1 aromatic heterocycles. The molecule has 0 saturated carbocycles. The minimum absolute atomic E-state index is 0.0537. The Labute approximate surface area is 113 Å². The standard InChI is InChI=1S/C15H17ClN2/c1-15(2,3)14(10-18-9-8-17-11-18)12-4-6-13(16)7-5-12/h4-11H,1-3H3/b14-10-. The molecule has 94 valence electrons. The molecule has 18 heavy (non-hydrogen) atoms. The second-order valence-corrected chi connectivity index (χ2v) is 5.75. The summed E-state index contributed by atoms with van der Waals surface area (Å²) in [6.45, 7) is 6.60. The maximum absolute atomic E-state index is 5.94. The summed E-state index contributed by atoms with van der Waals surface area (Å²) in [5.41, 5.74) is 2.48. The number of allylic oxidation sites excluding steroid dienone is 1. The van der Waals surface area contributed by atoms with Crippen molar-refractivity contribution >= 4 is 23.4 Å². The van der Waals surface area contributed by atoms with Gasteiger partial charge in [0.15, 0.2) is 0 Å². The summed E-state index contributed by atoms with van der Waals surface area (Å²) in [4.78, 5) is 4.06. The van der Waals surface area contributed by atoms with Crippen LogP contribution in [-0.4, -0.2) is 9.55 Å². The van der Waals surface area contributed by atoms with E-state index in [1.54, 1.807) is 12.5 Å². The molecular weight excluding hydrogens is 244 g/mol. The highest BCUT2D eigenvalue weighted by Crippen LogP contribution is 2.34. The van der Waals surface area contributed by atoms with Gasteiger partial charge in [0, 0.05) is 23.6 Å². The Balaban J connectivity index is 2.47. The number of imidazole rings is 1. The van der Waals surface area contributed by atoms with E-state index in [1.807, 2.05) is 22.9 Å². The number of rotatable bonds is 2. The molecule has 0 amide bonds. The van der Waals surface area contributed by atoms with E-state index in [0.29, 0.717) is 0 Å². The first-order valence-corrected chi connectivity index (χ1v) is 6.30. The van der Waals surface area contributed by atoms with Crippen LogP contribution in [0.15, 0.2) is 43.0 Å². The molecule has 0 radical (unpaired) electrons. The van der Waals surface area contributed by atoms with Crippen LogP contribution < -0.4 is 0 Å². The van der Waals surface area contributed by atoms with Gasteiger partial charge in [0.2, 0.25) is 0 Å². The van der Waals surface area contributed by atoms with Crippen molar-refractivity contribution in [3.05, 3.63) is 53.6 Å². The molecule has 0 aliphatic carbocycles. The Hall–Kier alpha value is -1.54. The van der Waals surface area contributed by atoms with Crippen molar-refractivity contribution in [2.45, 2.75) is 20.8 Å². The largest absolute Gasteiger partial charge is 0.313 e. The minimum Gasteiger partial charge on any atom is -0.313 e. The summed E-state index contributed by atoms with van der Waals surface area (Å²) in [7, 11) is 0. The summed E-state index contributed by atoms with van der Waals surface area (Å²) >= 11 is 5.94. The summed E-state index contributed by atoms with van der Waals surface area (Å²) in [6, 6.07) is 7.95. The maximum Gasteiger partial charge on any atom is 0.0986 e. The van der Waals surface area contributed by atoms with Crippen LogP contribution in [0.4, 0.5) is 0 Å². The summed E-state index contributed by atoms with van der Waals surface area (Å²) in [6.07, 6.45) is 7.61. The molecule has 1 aromatic carbocycles. The van der Waals surface area contributed by atoms with E-state index in [2.05, 4.69) is 44.1 Å². The zero-order chi connectivity index (χ0) is 13.2. The average molecular weight is 261 g/mol. The first-order chi connectivity index (χ1) is 8.47. The lowest BCUT2D eigenvalue weighted by atomic mass is 9.83. The molecular formula is C15H17ClN2. The molecule has 2 aromatic rings. The molecule has 0 atom stereocenters. The summed E-state index contributed by atoms with van der Waals surface area (Å²) in [5, 5.41) is 0.759. The number of aromatic nitrogens is 2. The molecule has 0 fully saturated rings. The zero-order valence-corrected chi connectivity index (χ0v) is 11.6. The van der Waals surface area contributed by atoms with E-state index in [4.69, 9.17) is 11.6 Å². The lowest BCUT2D eigenvalue weighted by Gasteiger charge is -2.23. The van der Waals surface area contributed by atoms with Crippen LogP contribution in [0.1, 0.15) is 26.3 Å². The molecule has 2 nitrogen and oxygen atoms in total. The van der Waals surface area contributed by atoms with Gasteiger partial charge in [-0.15, -0.1) is 0 Å². The van der Waals surface area contributed by atoms with Crippen molar-refractivity contribution in [2.75, 3.05) is 0 Å². The number of nitrogens with zero attached hydrogens (tertiary/aromatic N) is 2. The Kier molecular flexibility index (Phi) is 3.58. The molecule has 0 saturated heterocycles. The third-order valence-corrected chi connectivity index (χ3v) is 3.02. The van der Waals surface area contributed by atoms with Crippen molar-refractivity contribution in [2.24, 2.45) is 5.41 Å². The smallest absolute Gasteiger partial charge is 0.0986 e. The van der Waals surface area contributed by atoms with Crippen LogP contribution in [0.5, 0.6) is 0 Å². The van der Waals surface area contributed by atoms with Gasteiger partial charge in [0.05, 0.1) is 6.33 Å². The van der Waals surface area contributed by atoms with Crippen LogP contribution in [0.2, 0.25) is 5.02 Å². The van der Waals surface area contributed by atoms with E-state index in [1.165, 1.54) is 11.1 Å². The van der Waals surface area contributed by atoms with Crippen LogP contribution >= 0.6 is 11.6 Å². The third-order valence-electron chi connectivity index (χ3n) is 2.77. The van der Waals surface area contributed by atoms with E-state index >= 15 is 0 Å². The maximum atomic E-state index is 5.94. The highest BCUT2D eigenvalue weighted by Gasteiger charge is 2.18. The van der Waals surface area contributed by atoms with Crippen LogP contribution in [-0.2, 0) is 0 Å². The highest BCUT2D eigenvalue weighted by atomic mass is 35.5. The number of hydrogen-bond acceptors (Lipinski definition) is 1. The predicted octanol–water partition coefficient (Wildman–Crippen LogP) is 4.58. The minimum atomic E-state index is 0.0537. The van der Waals surface area contributed by atoms with Crippen molar-refractivity contribution in [1.29, 1.82) is 0 Å². The van der Waals surface area contributed by atoms with Gasteiger partial charge in [-0.1, -0.05) is 44.5 Å². The molecule has 1 heterocycles. The lowest BCUT2D eigenvalue weighted by molar-refractivity contribution is 0.568. The fraction of sp³-hybridized carbons (Fsp3) is 0.267. The van der Waals surface area contributed by atoms with E-state index in [0.717, 1.165) is 5.02 Å². The Bertz CT molecular complexity index is 531. The molecule has 0 aliphatic rings. The normalized spacial score (nSPS) is 12.8. The summed E-state index contributed by atoms with van der Waals surface area (Å²) < 4.78 is 1.97. The molecule has 2 rings (SSSR count). The second kappa shape index (κ2) is 4.99. The van der Waals surface area contributed by atoms with Crippen molar-refractivity contribution < 1.29 is 0 Å². The monoisotopic (exact) mass is 260 g/mol. The summed E-state index contributed by atoms with van der Waals surface area (Å²) in [5.74, 6) is 0. The van der Waals surface area contributed by atoms with Crippen molar-refractivity contribution in [3.63, 3.8) is 0 Å². The Morgan fingerprint density at radius 3 is 2.39 bits per heavy atom. The fourth-order valence-corrected chi connectivity index (χ4v) is 1.95. The zero-order valence-electron chi connectivity index (χ0n) is 10.9. The van der Waals surface area contributed by atoms with E-state index in [9.17, 15) is 0 Å². The fourth-order valence-electron chi connectivity index (χ4n) is 1.83. The van der Waals surface area contributed by atoms with Gasteiger partial charge in [-0.3, -0.25) is 0 Å². The van der Waals surface area contributed by atoms with Crippen LogP contribution in [0, 0.1) is 5.41 Å². The van der Waals surface area contributed by atoms with Gasteiger partial charge in [0.1, 0.15) is 0 Å². The molecule has 0 aliphatic heterocycles. The van der Waals surface area contributed by atoms with Gasteiger partial charge in [0.25, 0.3) is 0 Å². The predicted molar refractivity (Wildman–Crippen MR) is 77.3 cm³/mol.